The van der Waals surface area contributed by atoms with Crippen LogP contribution in [0.3, 0.4) is 0 Å². The van der Waals surface area contributed by atoms with Crippen LogP contribution in [-0.4, -0.2) is 4.98 Å². The Morgan fingerprint density at radius 1 is 1.14 bits per heavy atom. The molecule has 21 heavy (non-hydrogen) atoms. The van der Waals surface area contributed by atoms with Gasteiger partial charge in [-0.1, -0.05) is 6.07 Å². The second kappa shape index (κ2) is 5.14. The van der Waals surface area contributed by atoms with Crippen LogP contribution in [0.4, 0.5) is 5.69 Å². The monoisotopic (exact) mass is 275 g/mol. The first-order valence-electron chi connectivity index (χ1n) is 6.51. The topological polar surface area (TPSA) is 71.9 Å². The van der Waals surface area contributed by atoms with Gasteiger partial charge < -0.3 is 10.5 Å². The normalized spacial score (nSPS) is 10.3. The third kappa shape index (κ3) is 2.37. The standard InChI is InChI=1S/C17H13N3O/c1-11-4-5-12(10-18)9-16(11)21-15-7-6-14(19)13-3-2-8-20-17(13)15/h2-9H,19H2,1H3. The van der Waals surface area contributed by atoms with Crippen LogP contribution in [0, 0.1) is 18.3 Å². The number of hydrogen-bond acceptors (Lipinski definition) is 4. The molecule has 2 N–H and O–H groups in total. The molecule has 0 radical (unpaired) electrons. The molecule has 1 heterocycles. The number of ether oxygens (including phenoxy) is 1. The van der Waals surface area contributed by atoms with Gasteiger partial charge in [0.1, 0.15) is 11.3 Å². The number of fused-ring (bicyclic) bond motifs is 1. The van der Waals surface area contributed by atoms with Crippen molar-refractivity contribution in [1.29, 1.82) is 5.26 Å². The number of benzene rings is 2. The zero-order valence-electron chi connectivity index (χ0n) is 11.5. The molecule has 0 saturated heterocycles. The summed E-state index contributed by atoms with van der Waals surface area (Å²) in [6.45, 7) is 1.93. The van der Waals surface area contributed by atoms with Gasteiger partial charge in [-0.05, 0) is 48.9 Å². The molecule has 4 nitrogen and oxygen atoms in total. The molecule has 3 rings (SSSR count). The summed E-state index contributed by atoms with van der Waals surface area (Å²) in [6.07, 6.45) is 1.70. The van der Waals surface area contributed by atoms with Crippen molar-refractivity contribution >= 4 is 16.6 Å². The van der Waals surface area contributed by atoms with Crippen LogP contribution in [0.2, 0.25) is 0 Å². The molecule has 4 heteroatoms. The molecule has 2 aromatic carbocycles. The van der Waals surface area contributed by atoms with Gasteiger partial charge in [-0.15, -0.1) is 0 Å². The van der Waals surface area contributed by atoms with Gasteiger partial charge in [-0.3, -0.25) is 4.98 Å². The summed E-state index contributed by atoms with van der Waals surface area (Å²) in [7, 11) is 0. The zero-order valence-corrected chi connectivity index (χ0v) is 11.5. The average molecular weight is 275 g/mol. The van der Waals surface area contributed by atoms with Crippen LogP contribution in [-0.2, 0) is 0 Å². The summed E-state index contributed by atoms with van der Waals surface area (Å²) in [4.78, 5) is 4.34. The highest BCUT2D eigenvalue weighted by molar-refractivity contribution is 5.94. The van der Waals surface area contributed by atoms with Crippen LogP contribution in [0.15, 0.2) is 48.7 Å². The van der Waals surface area contributed by atoms with Gasteiger partial charge in [0.15, 0.2) is 5.75 Å². The highest BCUT2D eigenvalue weighted by atomic mass is 16.5. The minimum atomic E-state index is 0.559. The largest absolute Gasteiger partial charge is 0.455 e. The lowest BCUT2D eigenvalue weighted by atomic mass is 10.1. The molecule has 0 fully saturated rings. The van der Waals surface area contributed by atoms with E-state index in [1.807, 2.05) is 25.1 Å². The van der Waals surface area contributed by atoms with Crippen molar-refractivity contribution in [2.24, 2.45) is 0 Å². The third-order valence-corrected chi connectivity index (χ3v) is 3.30. The van der Waals surface area contributed by atoms with Crippen molar-refractivity contribution in [1.82, 2.24) is 4.98 Å². The summed E-state index contributed by atoms with van der Waals surface area (Å²) in [5.74, 6) is 1.27. The van der Waals surface area contributed by atoms with Gasteiger partial charge in [-0.25, -0.2) is 0 Å². The van der Waals surface area contributed by atoms with Gasteiger partial charge in [0.2, 0.25) is 0 Å². The van der Waals surface area contributed by atoms with Crippen molar-refractivity contribution in [3.63, 3.8) is 0 Å². The van der Waals surface area contributed by atoms with Crippen molar-refractivity contribution < 1.29 is 4.74 Å². The molecule has 0 aliphatic heterocycles. The number of anilines is 1. The number of nitrogens with zero attached hydrogens (tertiary/aromatic N) is 2. The molecule has 0 amide bonds. The molecule has 3 aromatic rings. The maximum absolute atomic E-state index is 8.99. The molecular formula is C17H13N3O. The second-order valence-electron chi connectivity index (χ2n) is 4.75. The van der Waals surface area contributed by atoms with E-state index in [1.165, 1.54) is 0 Å². The molecule has 0 unspecified atom stereocenters. The lowest BCUT2D eigenvalue weighted by Gasteiger charge is -2.11. The maximum atomic E-state index is 8.99. The minimum Gasteiger partial charge on any atom is -0.455 e. The first kappa shape index (κ1) is 12.9. The molecule has 102 valence electrons. The first-order valence-corrected chi connectivity index (χ1v) is 6.51. The number of nitriles is 1. The summed E-state index contributed by atoms with van der Waals surface area (Å²) >= 11 is 0. The molecular weight excluding hydrogens is 262 g/mol. The van der Waals surface area contributed by atoms with Crippen molar-refractivity contribution in [2.45, 2.75) is 6.92 Å². The highest BCUT2D eigenvalue weighted by Crippen LogP contribution is 2.33. The second-order valence-corrected chi connectivity index (χ2v) is 4.75. The van der Waals surface area contributed by atoms with E-state index >= 15 is 0 Å². The van der Waals surface area contributed by atoms with Gasteiger partial charge >= 0.3 is 0 Å². The summed E-state index contributed by atoms with van der Waals surface area (Å²) < 4.78 is 5.95. The number of nitrogen functional groups attached to an aromatic ring is 1. The Morgan fingerprint density at radius 3 is 2.81 bits per heavy atom. The summed E-state index contributed by atoms with van der Waals surface area (Å²) in [6, 6.07) is 14.8. The van der Waals surface area contributed by atoms with Crippen LogP contribution in [0.25, 0.3) is 10.9 Å². The minimum absolute atomic E-state index is 0.559. The third-order valence-electron chi connectivity index (χ3n) is 3.30. The summed E-state index contributed by atoms with van der Waals surface area (Å²) in [5.41, 5.74) is 8.84. The Morgan fingerprint density at radius 2 is 2.00 bits per heavy atom. The number of aromatic nitrogens is 1. The molecule has 0 aliphatic rings. The Balaban J connectivity index is 2.11. The zero-order chi connectivity index (χ0) is 14.8. The fourth-order valence-corrected chi connectivity index (χ4v) is 2.15. The van der Waals surface area contributed by atoms with Crippen LogP contribution in [0.1, 0.15) is 11.1 Å². The Bertz CT molecular complexity index is 866. The van der Waals surface area contributed by atoms with E-state index in [0.29, 0.717) is 28.3 Å². The predicted octanol–water partition coefficient (Wildman–Crippen LogP) is 3.79. The lowest BCUT2D eigenvalue weighted by molar-refractivity contribution is 0.483. The fraction of sp³-hybridized carbons (Fsp3) is 0.0588. The predicted molar refractivity (Wildman–Crippen MR) is 82.1 cm³/mol. The fourth-order valence-electron chi connectivity index (χ4n) is 2.15. The number of rotatable bonds is 2. The van der Waals surface area contributed by atoms with E-state index < -0.39 is 0 Å². The van der Waals surface area contributed by atoms with E-state index in [0.717, 1.165) is 10.9 Å². The average Bonchev–Trinajstić information content (AvgIpc) is 2.52. The van der Waals surface area contributed by atoms with Crippen LogP contribution < -0.4 is 10.5 Å². The molecule has 0 bridgehead atoms. The quantitative estimate of drug-likeness (QED) is 0.722. The van der Waals surface area contributed by atoms with Crippen molar-refractivity contribution in [3.05, 3.63) is 59.8 Å². The number of hydrogen-bond donors (Lipinski definition) is 1. The first-order chi connectivity index (χ1) is 10.2. The van der Waals surface area contributed by atoms with E-state index in [1.54, 1.807) is 30.5 Å². The number of aryl methyl sites for hydroxylation is 1. The Kier molecular flexibility index (Phi) is 3.17. The van der Waals surface area contributed by atoms with E-state index in [4.69, 9.17) is 15.7 Å². The van der Waals surface area contributed by atoms with Gasteiger partial charge in [0.05, 0.1) is 11.6 Å². The number of nitrogens with two attached hydrogens (primary N) is 1. The van der Waals surface area contributed by atoms with Crippen molar-refractivity contribution in [2.75, 3.05) is 5.73 Å². The van der Waals surface area contributed by atoms with Crippen molar-refractivity contribution in [3.8, 4) is 17.6 Å². The molecule has 0 atom stereocenters. The SMILES string of the molecule is Cc1ccc(C#N)cc1Oc1ccc(N)c2cccnc12. The smallest absolute Gasteiger partial charge is 0.153 e. The molecule has 0 spiro atoms. The Hall–Kier alpha value is -3.06. The van der Waals surface area contributed by atoms with Crippen LogP contribution >= 0.6 is 0 Å². The van der Waals surface area contributed by atoms with E-state index in [9.17, 15) is 0 Å². The molecule has 0 saturated carbocycles. The maximum Gasteiger partial charge on any atom is 0.153 e. The molecule has 0 aliphatic carbocycles. The van der Waals surface area contributed by atoms with Gasteiger partial charge in [0, 0.05) is 17.3 Å². The van der Waals surface area contributed by atoms with E-state index in [2.05, 4.69) is 11.1 Å². The molecule has 1 aromatic heterocycles. The van der Waals surface area contributed by atoms with E-state index in [-0.39, 0.29) is 0 Å². The number of pyridine rings is 1. The van der Waals surface area contributed by atoms with Crippen LogP contribution in [0.5, 0.6) is 11.5 Å². The van der Waals surface area contributed by atoms with Gasteiger partial charge in [0.25, 0.3) is 0 Å². The lowest BCUT2D eigenvalue weighted by Crippen LogP contribution is -1.94. The Labute approximate surface area is 122 Å². The van der Waals surface area contributed by atoms with Gasteiger partial charge in [-0.2, -0.15) is 5.26 Å². The summed E-state index contributed by atoms with van der Waals surface area (Å²) in [5, 5.41) is 9.84. The highest BCUT2D eigenvalue weighted by Gasteiger charge is 2.09.